The first-order valence-electron chi connectivity index (χ1n) is 8.24. The summed E-state index contributed by atoms with van der Waals surface area (Å²) in [6.07, 6.45) is 4.35. The lowest BCUT2D eigenvalue weighted by Crippen LogP contribution is -2.27. The second-order valence-electron chi connectivity index (χ2n) is 5.57. The number of nitrogens with one attached hydrogen (secondary N) is 1. The normalized spacial score (nSPS) is 11.0. The van der Waals surface area contributed by atoms with E-state index >= 15 is 0 Å². The molecule has 7 nitrogen and oxygen atoms in total. The predicted molar refractivity (Wildman–Crippen MR) is 105 cm³/mol. The SMILES string of the molecule is CCOC(=O)C=Cc1ccc(NC(=O)Cn2cnc3ccsc3c2=O)cc1. The third-order valence-electron chi connectivity index (χ3n) is 3.64. The number of anilines is 1. The molecule has 0 saturated carbocycles. The number of esters is 1. The van der Waals surface area contributed by atoms with E-state index in [1.165, 1.54) is 28.3 Å². The third-order valence-corrected chi connectivity index (χ3v) is 4.53. The molecule has 0 saturated heterocycles. The van der Waals surface area contributed by atoms with Crippen molar-refractivity contribution in [1.82, 2.24) is 9.55 Å². The Kier molecular flexibility index (Phi) is 5.77. The van der Waals surface area contributed by atoms with Crippen molar-refractivity contribution in [2.45, 2.75) is 13.5 Å². The van der Waals surface area contributed by atoms with E-state index in [-0.39, 0.29) is 18.0 Å². The zero-order valence-electron chi connectivity index (χ0n) is 14.5. The van der Waals surface area contributed by atoms with Gasteiger partial charge in [-0.25, -0.2) is 9.78 Å². The average molecular weight is 383 g/mol. The van der Waals surface area contributed by atoms with E-state index in [1.807, 2.05) is 0 Å². The summed E-state index contributed by atoms with van der Waals surface area (Å²) in [5.74, 6) is -0.735. The molecule has 0 atom stereocenters. The lowest BCUT2D eigenvalue weighted by molar-refractivity contribution is -0.137. The van der Waals surface area contributed by atoms with Crippen molar-refractivity contribution < 1.29 is 14.3 Å². The van der Waals surface area contributed by atoms with Gasteiger partial charge in [-0.05, 0) is 42.1 Å². The van der Waals surface area contributed by atoms with Crippen LogP contribution >= 0.6 is 11.3 Å². The van der Waals surface area contributed by atoms with Crippen molar-refractivity contribution >= 4 is 45.2 Å². The molecule has 0 unspecified atom stereocenters. The first-order valence-corrected chi connectivity index (χ1v) is 9.12. The number of benzene rings is 1. The fourth-order valence-corrected chi connectivity index (χ4v) is 3.17. The van der Waals surface area contributed by atoms with Crippen LogP contribution in [0.5, 0.6) is 0 Å². The summed E-state index contributed by atoms with van der Waals surface area (Å²) in [5.41, 5.74) is 1.79. The first-order chi connectivity index (χ1) is 13.1. The number of hydrogen-bond donors (Lipinski definition) is 1. The molecule has 27 heavy (non-hydrogen) atoms. The number of hydrogen-bond acceptors (Lipinski definition) is 6. The Bertz CT molecular complexity index is 1050. The molecule has 1 amide bonds. The molecule has 0 aliphatic rings. The Morgan fingerprint density at radius 2 is 2.04 bits per heavy atom. The highest BCUT2D eigenvalue weighted by atomic mass is 32.1. The second-order valence-corrected chi connectivity index (χ2v) is 6.48. The minimum Gasteiger partial charge on any atom is -0.463 e. The van der Waals surface area contributed by atoms with E-state index in [1.54, 1.807) is 48.7 Å². The van der Waals surface area contributed by atoms with Crippen molar-refractivity contribution in [3.05, 3.63) is 64.0 Å². The zero-order valence-corrected chi connectivity index (χ0v) is 15.4. The van der Waals surface area contributed by atoms with Gasteiger partial charge in [-0.3, -0.25) is 14.2 Å². The van der Waals surface area contributed by atoms with Gasteiger partial charge in [0.15, 0.2) is 0 Å². The van der Waals surface area contributed by atoms with Crippen molar-refractivity contribution in [3.8, 4) is 0 Å². The molecule has 138 valence electrons. The number of ether oxygens (including phenoxy) is 1. The fourth-order valence-electron chi connectivity index (χ4n) is 2.38. The summed E-state index contributed by atoms with van der Waals surface area (Å²) < 4.78 is 6.63. The maximum absolute atomic E-state index is 12.3. The Balaban J connectivity index is 1.63. The highest BCUT2D eigenvalue weighted by molar-refractivity contribution is 7.17. The number of nitrogens with zero attached hydrogens (tertiary/aromatic N) is 2. The number of amides is 1. The highest BCUT2D eigenvalue weighted by Crippen LogP contribution is 2.14. The van der Waals surface area contributed by atoms with Gasteiger partial charge in [0.25, 0.3) is 5.56 Å². The number of thiophene rings is 1. The molecule has 0 bridgehead atoms. The molecule has 8 heteroatoms. The summed E-state index contributed by atoms with van der Waals surface area (Å²) in [4.78, 5) is 40.0. The van der Waals surface area contributed by atoms with Gasteiger partial charge in [-0.2, -0.15) is 0 Å². The fraction of sp³-hybridized carbons (Fsp3) is 0.158. The molecule has 0 aliphatic heterocycles. The van der Waals surface area contributed by atoms with Gasteiger partial charge >= 0.3 is 5.97 Å². The van der Waals surface area contributed by atoms with Crippen LogP contribution in [0.4, 0.5) is 5.69 Å². The summed E-state index contributed by atoms with van der Waals surface area (Å²) in [6, 6.07) is 8.72. The molecule has 0 aliphatic carbocycles. The third kappa shape index (κ3) is 4.68. The van der Waals surface area contributed by atoms with Crippen LogP contribution in [0, 0.1) is 0 Å². The standard InChI is InChI=1S/C19H17N3O4S/c1-2-26-17(24)8-5-13-3-6-14(7-4-13)21-16(23)11-22-12-20-15-9-10-27-18(15)19(22)25/h3-10,12H,2,11H2,1H3,(H,21,23). The number of carbonyl (C=O) groups excluding carboxylic acids is 2. The topological polar surface area (TPSA) is 90.3 Å². The first kappa shape index (κ1) is 18.5. The lowest BCUT2D eigenvalue weighted by atomic mass is 10.2. The van der Waals surface area contributed by atoms with E-state index < -0.39 is 5.97 Å². The molecule has 3 rings (SSSR count). The van der Waals surface area contributed by atoms with Crippen LogP contribution in [0.15, 0.2) is 52.9 Å². The van der Waals surface area contributed by atoms with Crippen LogP contribution in [0.3, 0.4) is 0 Å². The van der Waals surface area contributed by atoms with Gasteiger partial charge in [0, 0.05) is 11.8 Å². The summed E-state index contributed by atoms with van der Waals surface area (Å²) in [5, 5.41) is 4.53. The molecule has 0 spiro atoms. The number of rotatable bonds is 6. The molecule has 1 aromatic carbocycles. The molecule has 0 fully saturated rings. The van der Waals surface area contributed by atoms with Gasteiger partial charge in [0.1, 0.15) is 11.2 Å². The average Bonchev–Trinajstić information content (AvgIpc) is 3.13. The highest BCUT2D eigenvalue weighted by Gasteiger charge is 2.09. The monoisotopic (exact) mass is 383 g/mol. The van der Waals surface area contributed by atoms with Crippen molar-refractivity contribution in [3.63, 3.8) is 0 Å². The lowest BCUT2D eigenvalue weighted by Gasteiger charge is -2.07. The van der Waals surface area contributed by atoms with Crippen LogP contribution in [0.2, 0.25) is 0 Å². The Labute approximate surface area is 158 Å². The van der Waals surface area contributed by atoms with Crippen LogP contribution in [-0.2, 0) is 20.9 Å². The number of aromatic nitrogens is 2. The van der Waals surface area contributed by atoms with E-state index in [4.69, 9.17) is 4.74 Å². The Hall–Kier alpha value is -3.26. The van der Waals surface area contributed by atoms with Crippen molar-refractivity contribution in [2.24, 2.45) is 0 Å². The predicted octanol–water partition coefficient (Wildman–Crippen LogP) is 2.67. The van der Waals surface area contributed by atoms with Crippen LogP contribution in [0.25, 0.3) is 16.3 Å². The zero-order chi connectivity index (χ0) is 19.2. The second kappa shape index (κ2) is 8.41. The molecule has 2 heterocycles. The van der Waals surface area contributed by atoms with Gasteiger partial charge in [0.2, 0.25) is 5.91 Å². The minimum absolute atomic E-state index is 0.121. The number of fused-ring (bicyclic) bond motifs is 1. The van der Waals surface area contributed by atoms with Gasteiger partial charge < -0.3 is 10.1 Å². The molecule has 0 radical (unpaired) electrons. The van der Waals surface area contributed by atoms with E-state index in [0.29, 0.717) is 22.5 Å². The maximum atomic E-state index is 12.3. The number of carbonyl (C=O) groups is 2. The molecule has 3 aromatic rings. The van der Waals surface area contributed by atoms with E-state index in [9.17, 15) is 14.4 Å². The summed E-state index contributed by atoms with van der Waals surface area (Å²) >= 11 is 1.30. The van der Waals surface area contributed by atoms with Gasteiger partial charge in [-0.15, -0.1) is 11.3 Å². The van der Waals surface area contributed by atoms with E-state index in [2.05, 4.69) is 10.3 Å². The molecular weight excluding hydrogens is 366 g/mol. The molecule has 1 N–H and O–H groups in total. The quantitative estimate of drug-likeness (QED) is 0.522. The van der Waals surface area contributed by atoms with Crippen LogP contribution < -0.4 is 10.9 Å². The Morgan fingerprint density at radius 3 is 2.78 bits per heavy atom. The van der Waals surface area contributed by atoms with Crippen molar-refractivity contribution in [2.75, 3.05) is 11.9 Å². The summed E-state index contributed by atoms with van der Waals surface area (Å²) in [7, 11) is 0. The maximum Gasteiger partial charge on any atom is 0.330 e. The van der Waals surface area contributed by atoms with E-state index in [0.717, 1.165) is 5.56 Å². The molecular formula is C19H17N3O4S. The largest absolute Gasteiger partial charge is 0.463 e. The van der Waals surface area contributed by atoms with Crippen molar-refractivity contribution in [1.29, 1.82) is 0 Å². The summed E-state index contributed by atoms with van der Waals surface area (Å²) in [6.45, 7) is 1.95. The Morgan fingerprint density at radius 1 is 1.26 bits per heavy atom. The smallest absolute Gasteiger partial charge is 0.330 e. The minimum atomic E-state index is -0.406. The van der Waals surface area contributed by atoms with Gasteiger partial charge in [0.05, 0.1) is 18.5 Å². The van der Waals surface area contributed by atoms with Gasteiger partial charge in [-0.1, -0.05) is 12.1 Å². The van der Waals surface area contributed by atoms with Crippen LogP contribution in [0.1, 0.15) is 12.5 Å². The molecule has 2 aromatic heterocycles. The van der Waals surface area contributed by atoms with Crippen LogP contribution in [-0.4, -0.2) is 28.0 Å².